The zero-order valence-electron chi connectivity index (χ0n) is 20.0. The van der Waals surface area contributed by atoms with E-state index in [2.05, 4.69) is 66.9 Å². The lowest BCUT2D eigenvalue weighted by Gasteiger charge is -2.19. The van der Waals surface area contributed by atoms with Crippen LogP contribution in [0.2, 0.25) is 0 Å². The van der Waals surface area contributed by atoms with Gasteiger partial charge in [-0.3, -0.25) is 9.78 Å². The minimum absolute atomic E-state index is 0.0777. The molecule has 1 aliphatic rings. The predicted molar refractivity (Wildman–Crippen MR) is 131 cm³/mol. The van der Waals surface area contributed by atoms with Crippen molar-refractivity contribution in [1.82, 2.24) is 40.4 Å². The zero-order valence-corrected chi connectivity index (χ0v) is 20.0. The molecule has 0 bridgehead atoms. The molecule has 3 heterocycles. The van der Waals surface area contributed by atoms with Crippen LogP contribution in [0, 0.1) is 5.92 Å². The molecule has 1 N–H and O–H groups in total. The zero-order chi connectivity index (χ0) is 24.0. The minimum Gasteiger partial charge on any atom is -0.291 e. The van der Waals surface area contributed by atoms with Crippen LogP contribution in [0.1, 0.15) is 73.9 Å². The second kappa shape index (κ2) is 10.7. The van der Waals surface area contributed by atoms with Crippen LogP contribution in [0.3, 0.4) is 0 Å². The first-order valence-corrected chi connectivity index (χ1v) is 12.5. The molecule has 0 radical (unpaired) electrons. The molecule has 1 aliphatic carbocycles. The fraction of sp³-hybridized carbons (Fsp3) is 0.423. The van der Waals surface area contributed by atoms with E-state index in [0.29, 0.717) is 30.5 Å². The molecule has 0 spiro atoms. The third-order valence-electron chi connectivity index (χ3n) is 6.67. The maximum absolute atomic E-state index is 12.9. The molecule has 0 atom stereocenters. The Morgan fingerprint density at radius 3 is 2.66 bits per heavy atom. The van der Waals surface area contributed by atoms with Crippen molar-refractivity contribution >= 4 is 5.78 Å². The van der Waals surface area contributed by atoms with E-state index in [1.165, 1.54) is 19.3 Å². The number of benzene rings is 1. The van der Waals surface area contributed by atoms with Crippen LogP contribution in [0.25, 0.3) is 22.5 Å². The molecule has 0 saturated heterocycles. The van der Waals surface area contributed by atoms with E-state index >= 15 is 0 Å². The van der Waals surface area contributed by atoms with Crippen molar-refractivity contribution < 1.29 is 4.79 Å². The summed E-state index contributed by atoms with van der Waals surface area (Å²) in [6.07, 6.45) is 11.9. The number of Topliss-reactive ketones (excluding diaryl/α,β-unsaturated/α-hetero) is 1. The van der Waals surface area contributed by atoms with Gasteiger partial charge in [0.2, 0.25) is 17.4 Å². The Balaban J connectivity index is 1.34. The van der Waals surface area contributed by atoms with Crippen LogP contribution in [-0.2, 0) is 13.0 Å². The van der Waals surface area contributed by atoms with Crippen LogP contribution in [0.15, 0.2) is 42.7 Å². The number of hydrogen-bond acceptors (Lipinski definition) is 7. The molecule has 5 rings (SSSR count). The second-order valence-corrected chi connectivity index (χ2v) is 9.24. The van der Waals surface area contributed by atoms with Crippen LogP contribution >= 0.6 is 0 Å². The van der Waals surface area contributed by atoms with Gasteiger partial charge < -0.3 is 0 Å². The first kappa shape index (κ1) is 23.0. The fourth-order valence-corrected chi connectivity index (χ4v) is 4.83. The number of nitrogens with one attached hydrogen (secondary N) is 1. The number of rotatable bonds is 9. The lowest BCUT2D eigenvalue weighted by atomic mass is 9.86. The third kappa shape index (κ3) is 5.34. The number of aryl methyl sites for hydroxylation is 1. The quantitative estimate of drug-likeness (QED) is 0.353. The Hall–Kier alpha value is -3.75. The molecule has 3 aromatic heterocycles. The highest BCUT2D eigenvalue weighted by atomic mass is 16.1. The summed E-state index contributed by atoms with van der Waals surface area (Å²) in [4.78, 5) is 21.8. The molecule has 35 heavy (non-hydrogen) atoms. The number of tetrazole rings is 1. The molecule has 0 amide bonds. The standard InChI is InChI=1S/C26H30N8O/c1-2-6-24-28-26(23(35)15-18-7-4-3-5-8-18)31-34(24)17-19-9-11-20(12-10-19)22-16-27-14-13-21(22)25-29-32-33-30-25/h9-14,16,18H,2-8,15,17H2,1H3,(H,29,30,32,33). The Morgan fingerprint density at radius 2 is 1.91 bits per heavy atom. The Bertz CT molecular complexity index is 1260. The predicted octanol–water partition coefficient (Wildman–Crippen LogP) is 4.67. The number of nitrogens with zero attached hydrogens (tertiary/aromatic N) is 7. The van der Waals surface area contributed by atoms with Crippen LogP contribution in [0.4, 0.5) is 0 Å². The summed E-state index contributed by atoms with van der Waals surface area (Å²) in [6.45, 7) is 2.69. The number of aromatic nitrogens is 8. The number of H-pyrrole nitrogens is 1. The highest BCUT2D eigenvalue weighted by molar-refractivity contribution is 5.92. The van der Waals surface area contributed by atoms with E-state index in [-0.39, 0.29) is 5.78 Å². The van der Waals surface area contributed by atoms with Gasteiger partial charge in [0.05, 0.1) is 6.54 Å². The van der Waals surface area contributed by atoms with Gasteiger partial charge in [-0.2, -0.15) is 5.21 Å². The minimum atomic E-state index is 0.0777. The van der Waals surface area contributed by atoms with Gasteiger partial charge in [0.15, 0.2) is 0 Å². The van der Waals surface area contributed by atoms with Crippen molar-refractivity contribution in [3.63, 3.8) is 0 Å². The summed E-state index contributed by atoms with van der Waals surface area (Å²) >= 11 is 0. The fourth-order valence-electron chi connectivity index (χ4n) is 4.83. The van der Waals surface area contributed by atoms with Gasteiger partial charge in [-0.25, -0.2) is 9.67 Å². The number of hydrogen-bond donors (Lipinski definition) is 1. The average molecular weight is 471 g/mol. The summed E-state index contributed by atoms with van der Waals surface area (Å²) in [5.74, 6) is 2.33. The average Bonchev–Trinajstić information content (AvgIpc) is 3.56. The van der Waals surface area contributed by atoms with Crippen molar-refractivity contribution in [2.45, 2.75) is 64.8 Å². The molecule has 1 saturated carbocycles. The molecule has 1 fully saturated rings. The number of carbonyl (C=O) groups excluding carboxylic acids is 1. The molecule has 180 valence electrons. The van der Waals surface area contributed by atoms with Gasteiger partial charge >= 0.3 is 0 Å². The molecule has 0 unspecified atom stereocenters. The summed E-state index contributed by atoms with van der Waals surface area (Å²) in [5, 5.41) is 19.0. The molecule has 0 aliphatic heterocycles. The Morgan fingerprint density at radius 1 is 1.09 bits per heavy atom. The normalized spacial score (nSPS) is 14.3. The van der Waals surface area contributed by atoms with Gasteiger partial charge in [0, 0.05) is 36.4 Å². The maximum atomic E-state index is 12.9. The Labute approximate surface area is 204 Å². The second-order valence-electron chi connectivity index (χ2n) is 9.24. The van der Waals surface area contributed by atoms with E-state index in [4.69, 9.17) is 0 Å². The third-order valence-corrected chi connectivity index (χ3v) is 6.67. The van der Waals surface area contributed by atoms with Gasteiger partial charge in [-0.15, -0.1) is 15.3 Å². The topological polar surface area (TPSA) is 115 Å². The highest BCUT2D eigenvalue weighted by Gasteiger charge is 2.22. The summed E-state index contributed by atoms with van der Waals surface area (Å²) in [5.41, 5.74) is 3.90. The van der Waals surface area contributed by atoms with E-state index in [9.17, 15) is 4.79 Å². The SMILES string of the molecule is CCCc1nc(C(=O)CC2CCCCC2)nn1Cc1ccc(-c2cnccc2-c2nn[nH]n2)cc1. The van der Waals surface area contributed by atoms with E-state index < -0.39 is 0 Å². The molecule has 9 heteroatoms. The lowest BCUT2D eigenvalue weighted by Crippen LogP contribution is -2.13. The summed E-state index contributed by atoms with van der Waals surface area (Å²) in [7, 11) is 0. The van der Waals surface area contributed by atoms with Gasteiger partial charge in [0.25, 0.3) is 0 Å². The Kier molecular flexibility index (Phi) is 7.02. The largest absolute Gasteiger partial charge is 0.291 e. The maximum Gasteiger partial charge on any atom is 0.217 e. The number of aromatic amines is 1. The van der Waals surface area contributed by atoms with Crippen LogP contribution < -0.4 is 0 Å². The van der Waals surface area contributed by atoms with Gasteiger partial charge in [-0.1, -0.05) is 63.3 Å². The van der Waals surface area contributed by atoms with Crippen molar-refractivity contribution in [3.05, 3.63) is 59.9 Å². The van der Waals surface area contributed by atoms with Crippen molar-refractivity contribution in [3.8, 4) is 22.5 Å². The van der Waals surface area contributed by atoms with Crippen LogP contribution in [-0.4, -0.2) is 46.2 Å². The number of ketones is 1. The van der Waals surface area contributed by atoms with Crippen LogP contribution in [0.5, 0.6) is 0 Å². The van der Waals surface area contributed by atoms with Gasteiger partial charge in [-0.05, 0) is 34.7 Å². The molecular formula is C26H30N8O. The number of pyridine rings is 1. The monoisotopic (exact) mass is 470 g/mol. The van der Waals surface area contributed by atoms with E-state index in [0.717, 1.165) is 53.8 Å². The first-order valence-electron chi connectivity index (χ1n) is 12.5. The highest BCUT2D eigenvalue weighted by Crippen LogP contribution is 2.29. The molecule has 4 aromatic rings. The molecular weight excluding hydrogens is 440 g/mol. The summed E-state index contributed by atoms with van der Waals surface area (Å²) < 4.78 is 1.89. The van der Waals surface area contributed by atoms with E-state index in [1.807, 2.05) is 16.9 Å². The van der Waals surface area contributed by atoms with E-state index in [1.54, 1.807) is 6.20 Å². The van der Waals surface area contributed by atoms with Gasteiger partial charge in [0.1, 0.15) is 5.82 Å². The molecule has 1 aromatic carbocycles. The van der Waals surface area contributed by atoms with Crippen molar-refractivity contribution in [2.24, 2.45) is 5.92 Å². The lowest BCUT2D eigenvalue weighted by molar-refractivity contribution is 0.0939. The smallest absolute Gasteiger partial charge is 0.217 e. The molecule has 9 nitrogen and oxygen atoms in total. The van der Waals surface area contributed by atoms with Crippen molar-refractivity contribution in [1.29, 1.82) is 0 Å². The first-order chi connectivity index (χ1) is 17.2. The number of carbonyl (C=O) groups is 1. The van der Waals surface area contributed by atoms with Crippen molar-refractivity contribution in [2.75, 3.05) is 0 Å². The summed E-state index contributed by atoms with van der Waals surface area (Å²) in [6, 6.07) is 10.1.